The zero-order valence-electron chi connectivity index (χ0n) is 19.7. The van der Waals surface area contributed by atoms with Gasteiger partial charge in [0.2, 0.25) is 10.0 Å². The van der Waals surface area contributed by atoms with Crippen LogP contribution in [0.1, 0.15) is 30.1 Å². The van der Waals surface area contributed by atoms with Gasteiger partial charge in [0.15, 0.2) is 0 Å². The first-order valence-corrected chi connectivity index (χ1v) is 13.2. The van der Waals surface area contributed by atoms with Crippen LogP contribution in [0, 0.1) is 0 Å². The third-order valence-corrected chi connectivity index (χ3v) is 8.71. The summed E-state index contributed by atoms with van der Waals surface area (Å²) in [5.41, 5.74) is 2.38. The lowest BCUT2D eigenvalue weighted by atomic mass is 10.1. The highest BCUT2D eigenvalue weighted by Crippen LogP contribution is 2.38. The van der Waals surface area contributed by atoms with E-state index in [2.05, 4.69) is 10.1 Å². The standard InChI is InChI=1S/C26H22F3N5O2S/c1-32-16-24-25(31-32)20-15-19(37(35,36)33-14-4-6-23(33)21-5-2-3-13-30-21)11-12-22(20)34(24)18-9-7-17(8-10-18)26(27,28)29/h2-3,5,7-13,15-16,23H,4,6,14H2,1H3. The van der Waals surface area contributed by atoms with E-state index < -0.39 is 21.8 Å². The number of aromatic nitrogens is 4. The molecule has 37 heavy (non-hydrogen) atoms. The molecule has 1 atom stereocenters. The molecule has 0 radical (unpaired) electrons. The van der Waals surface area contributed by atoms with Crippen LogP contribution in [0.5, 0.6) is 0 Å². The van der Waals surface area contributed by atoms with Gasteiger partial charge in [-0.1, -0.05) is 6.07 Å². The molecule has 2 aromatic carbocycles. The maximum atomic E-state index is 13.8. The summed E-state index contributed by atoms with van der Waals surface area (Å²) >= 11 is 0. The van der Waals surface area contributed by atoms with Crippen molar-refractivity contribution in [2.24, 2.45) is 7.05 Å². The van der Waals surface area contributed by atoms with E-state index in [9.17, 15) is 21.6 Å². The molecule has 4 heterocycles. The molecule has 11 heteroatoms. The number of hydrogen-bond acceptors (Lipinski definition) is 4. The number of halogens is 3. The molecule has 1 aliphatic rings. The van der Waals surface area contributed by atoms with Gasteiger partial charge in [0.25, 0.3) is 0 Å². The van der Waals surface area contributed by atoms with Crippen molar-refractivity contribution in [1.29, 1.82) is 0 Å². The highest BCUT2D eigenvalue weighted by Gasteiger charge is 2.37. The van der Waals surface area contributed by atoms with Crippen molar-refractivity contribution in [2.75, 3.05) is 6.54 Å². The summed E-state index contributed by atoms with van der Waals surface area (Å²) in [5.74, 6) is 0. The van der Waals surface area contributed by atoms with Crippen LogP contribution < -0.4 is 0 Å². The molecule has 0 aliphatic carbocycles. The SMILES string of the molecule is Cn1cc2c(n1)c1cc(S(=O)(=O)N3CCCC3c3ccccn3)ccc1n2-c1ccc(C(F)(F)F)cc1. The van der Waals surface area contributed by atoms with E-state index in [1.807, 2.05) is 12.1 Å². The molecule has 0 saturated carbocycles. The van der Waals surface area contributed by atoms with E-state index in [1.165, 1.54) is 16.4 Å². The maximum absolute atomic E-state index is 13.8. The van der Waals surface area contributed by atoms with E-state index >= 15 is 0 Å². The van der Waals surface area contributed by atoms with Gasteiger partial charge in [0.05, 0.1) is 33.2 Å². The average Bonchev–Trinajstić information content (AvgIpc) is 3.58. The van der Waals surface area contributed by atoms with Crippen molar-refractivity contribution in [2.45, 2.75) is 30.0 Å². The normalized spacial score (nSPS) is 17.2. The first-order chi connectivity index (χ1) is 17.6. The number of rotatable bonds is 4. The summed E-state index contributed by atoms with van der Waals surface area (Å²) < 4.78 is 71.8. The van der Waals surface area contributed by atoms with Crippen LogP contribution in [0.2, 0.25) is 0 Å². The van der Waals surface area contributed by atoms with Crippen LogP contribution in [0.4, 0.5) is 13.2 Å². The zero-order valence-corrected chi connectivity index (χ0v) is 20.5. The van der Waals surface area contributed by atoms with Crippen LogP contribution in [0.15, 0.2) is 78.0 Å². The largest absolute Gasteiger partial charge is 0.416 e. The molecular weight excluding hydrogens is 503 g/mol. The van der Waals surface area contributed by atoms with Gasteiger partial charge >= 0.3 is 6.18 Å². The molecule has 1 aliphatic heterocycles. The number of alkyl halides is 3. The lowest BCUT2D eigenvalue weighted by Gasteiger charge is -2.23. The number of aryl methyl sites for hydroxylation is 1. The van der Waals surface area contributed by atoms with Crippen molar-refractivity contribution < 1.29 is 21.6 Å². The molecule has 0 bridgehead atoms. The number of benzene rings is 2. The Kier molecular flexibility index (Phi) is 5.39. The zero-order chi connectivity index (χ0) is 25.9. The Morgan fingerprint density at radius 1 is 1.00 bits per heavy atom. The maximum Gasteiger partial charge on any atom is 0.416 e. The van der Waals surface area contributed by atoms with Crippen LogP contribution in [0.3, 0.4) is 0 Å². The smallest absolute Gasteiger partial charge is 0.306 e. The second-order valence-corrected chi connectivity index (χ2v) is 11.0. The Morgan fingerprint density at radius 3 is 2.49 bits per heavy atom. The molecule has 5 aromatic rings. The van der Waals surface area contributed by atoms with Crippen LogP contribution in [-0.4, -0.2) is 38.6 Å². The van der Waals surface area contributed by atoms with Crippen LogP contribution in [0.25, 0.3) is 27.6 Å². The number of sulfonamides is 1. The molecular formula is C26H22F3N5O2S. The van der Waals surface area contributed by atoms with Gasteiger partial charge in [-0.3, -0.25) is 9.67 Å². The van der Waals surface area contributed by atoms with Gasteiger partial charge < -0.3 is 4.57 Å². The summed E-state index contributed by atoms with van der Waals surface area (Å²) in [6.07, 6.45) is 0.405. The van der Waals surface area contributed by atoms with Gasteiger partial charge in [0.1, 0.15) is 5.52 Å². The highest BCUT2D eigenvalue weighted by atomic mass is 32.2. The van der Waals surface area contributed by atoms with E-state index in [1.54, 1.807) is 53.0 Å². The molecule has 0 spiro atoms. The number of nitrogens with zero attached hydrogens (tertiary/aromatic N) is 5. The van der Waals surface area contributed by atoms with Crippen LogP contribution in [-0.2, 0) is 23.2 Å². The molecule has 1 fully saturated rings. The summed E-state index contributed by atoms with van der Waals surface area (Å²) in [4.78, 5) is 4.52. The molecule has 0 N–H and O–H groups in total. The Labute approximate surface area is 210 Å². The molecule has 1 saturated heterocycles. The van der Waals surface area contributed by atoms with E-state index in [0.29, 0.717) is 46.3 Å². The number of fused-ring (bicyclic) bond motifs is 3. The third-order valence-electron chi connectivity index (χ3n) is 6.81. The van der Waals surface area contributed by atoms with Gasteiger partial charge in [-0.15, -0.1) is 0 Å². The number of hydrogen-bond donors (Lipinski definition) is 0. The van der Waals surface area contributed by atoms with Gasteiger partial charge in [-0.2, -0.15) is 22.6 Å². The minimum Gasteiger partial charge on any atom is -0.306 e. The molecule has 1 unspecified atom stereocenters. The minimum atomic E-state index is -4.44. The summed E-state index contributed by atoms with van der Waals surface area (Å²) in [5, 5.41) is 5.13. The predicted octanol–water partition coefficient (Wildman–Crippen LogP) is 5.46. The molecule has 6 rings (SSSR count). The van der Waals surface area contributed by atoms with E-state index in [4.69, 9.17) is 0 Å². The van der Waals surface area contributed by atoms with Crippen molar-refractivity contribution in [3.63, 3.8) is 0 Å². The highest BCUT2D eigenvalue weighted by molar-refractivity contribution is 7.89. The fraction of sp³-hybridized carbons (Fsp3) is 0.231. The number of pyridine rings is 1. The first kappa shape index (κ1) is 23.7. The van der Waals surface area contributed by atoms with Gasteiger partial charge in [0, 0.05) is 37.1 Å². The second-order valence-electron chi connectivity index (χ2n) is 9.12. The Morgan fingerprint density at radius 2 is 1.78 bits per heavy atom. The summed E-state index contributed by atoms with van der Waals surface area (Å²) in [6, 6.07) is 14.9. The monoisotopic (exact) mass is 525 g/mol. The lowest BCUT2D eigenvalue weighted by Crippen LogP contribution is -2.31. The molecule has 190 valence electrons. The van der Waals surface area contributed by atoms with Crippen molar-refractivity contribution in [1.82, 2.24) is 23.6 Å². The van der Waals surface area contributed by atoms with E-state index in [0.717, 1.165) is 18.6 Å². The lowest BCUT2D eigenvalue weighted by molar-refractivity contribution is -0.137. The topological polar surface area (TPSA) is 73.0 Å². The Hall–Kier alpha value is -3.70. The van der Waals surface area contributed by atoms with E-state index in [-0.39, 0.29) is 10.9 Å². The van der Waals surface area contributed by atoms with Crippen molar-refractivity contribution >= 4 is 32.0 Å². The van der Waals surface area contributed by atoms with Crippen molar-refractivity contribution in [3.8, 4) is 5.69 Å². The summed E-state index contributed by atoms with van der Waals surface area (Å²) in [7, 11) is -2.10. The molecule has 7 nitrogen and oxygen atoms in total. The summed E-state index contributed by atoms with van der Waals surface area (Å²) in [6.45, 7) is 0.396. The quantitative estimate of drug-likeness (QED) is 0.313. The molecule has 3 aromatic heterocycles. The van der Waals surface area contributed by atoms with Gasteiger partial charge in [-0.25, -0.2) is 8.42 Å². The fourth-order valence-electron chi connectivity index (χ4n) is 5.13. The average molecular weight is 526 g/mol. The van der Waals surface area contributed by atoms with Crippen molar-refractivity contribution in [3.05, 3.63) is 84.3 Å². The second kappa shape index (κ2) is 8.42. The van der Waals surface area contributed by atoms with Gasteiger partial charge in [-0.05, 0) is 67.4 Å². The fourth-order valence-corrected chi connectivity index (χ4v) is 6.83. The first-order valence-electron chi connectivity index (χ1n) is 11.7. The van der Waals surface area contributed by atoms with Crippen LogP contribution >= 0.6 is 0 Å². The third kappa shape index (κ3) is 3.89. The Bertz CT molecular complexity index is 1730. The predicted molar refractivity (Wildman–Crippen MR) is 133 cm³/mol. The Balaban J connectivity index is 1.47. The molecule has 0 amide bonds. The minimum absolute atomic E-state index is 0.139.